The Morgan fingerprint density at radius 3 is 2.24 bits per heavy atom. The molecule has 0 spiro atoms. The van der Waals surface area contributed by atoms with E-state index in [1.54, 1.807) is 24.4 Å². The van der Waals surface area contributed by atoms with Gasteiger partial charge in [-0.15, -0.1) is 0 Å². The second kappa shape index (κ2) is 17.2. The average molecular weight is 702 g/mol. The van der Waals surface area contributed by atoms with Gasteiger partial charge >= 0.3 is 0 Å². The molecule has 0 unspecified atom stereocenters. The van der Waals surface area contributed by atoms with Gasteiger partial charge in [-0.2, -0.15) is 0 Å². The Balaban J connectivity index is 0.935. The molecule has 1 amide bonds. The Kier molecular flexibility index (Phi) is 12.0. The first kappa shape index (κ1) is 35.7. The Morgan fingerprint density at radius 1 is 0.804 bits per heavy atom. The maximum atomic E-state index is 13.0. The lowest BCUT2D eigenvalue weighted by Gasteiger charge is -2.34. The lowest BCUT2D eigenvalue weighted by Crippen LogP contribution is -2.47. The van der Waals surface area contributed by atoms with E-state index in [9.17, 15) is 4.79 Å². The van der Waals surface area contributed by atoms with Crippen molar-refractivity contribution in [3.05, 3.63) is 153 Å². The van der Waals surface area contributed by atoms with Crippen LogP contribution in [-0.4, -0.2) is 53.5 Å². The number of hydrogen-bond donors (Lipinski definition) is 0. The van der Waals surface area contributed by atoms with Crippen molar-refractivity contribution in [1.29, 1.82) is 0 Å². The fraction of sp³-hybridized carbons (Fsp3) is 0.256. The largest absolute Gasteiger partial charge is 0.493 e. The number of piperazine rings is 1. The normalized spacial score (nSPS) is 13.4. The molecule has 1 aliphatic rings. The van der Waals surface area contributed by atoms with Crippen LogP contribution in [0.15, 0.2) is 109 Å². The molecule has 7 nitrogen and oxygen atoms in total. The van der Waals surface area contributed by atoms with Crippen molar-refractivity contribution in [2.24, 2.45) is 0 Å². The second-order valence-electron chi connectivity index (χ2n) is 13.0. The molecule has 1 fully saturated rings. The lowest BCUT2D eigenvalue weighted by molar-refractivity contribution is -0.127. The van der Waals surface area contributed by atoms with Crippen molar-refractivity contribution in [1.82, 2.24) is 14.8 Å². The molecule has 0 radical (unpaired) electrons. The van der Waals surface area contributed by atoms with Gasteiger partial charge in [0.25, 0.3) is 0 Å². The second-order valence-corrected chi connectivity index (χ2v) is 13.4. The van der Waals surface area contributed by atoms with Crippen molar-refractivity contribution in [3.8, 4) is 23.1 Å². The number of carbonyl (C=O) groups is 1. The highest BCUT2D eigenvalue weighted by Gasteiger charge is 2.20. The number of para-hydroxylation sites is 1. The summed E-state index contributed by atoms with van der Waals surface area (Å²) < 4.78 is 17.8. The average Bonchev–Trinajstić information content (AvgIpc) is 3.14. The smallest absolute Gasteiger partial charge is 0.246 e. The highest BCUT2D eigenvalue weighted by atomic mass is 35.5. The van der Waals surface area contributed by atoms with Gasteiger partial charge in [-0.1, -0.05) is 83.9 Å². The molecule has 4 aromatic carbocycles. The number of halogens is 1. The zero-order chi connectivity index (χ0) is 35.6. The molecule has 1 aromatic heterocycles. The van der Waals surface area contributed by atoms with E-state index in [0.29, 0.717) is 48.7 Å². The van der Waals surface area contributed by atoms with Gasteiger partial charge in [0.2, 0.25) is 11.8 Å². The predicted octanol–water partition coefficient (Wildman–Crippen LogP) is 9.01. The van der Waals surface area contributed by atoms with E-state index in [1.165, 1.54) is 16.7 Å². The predicted molar refractivity (Wildman–Crippen MR) is 204 cm³/mol. The Bertz CT molecular complexity index is 1910. The SMILES string of the molecule is Cc1ccc(COc2ccc(Oc3c(C)cc(C=CC(=O)N4CCN(Cc5ccc(CCOc6ccccc6C)cc5)CC4)cc3Cl)nc2)cc1. The summed E-state index contributed by atoms with van der Waals surface area (Å²) >= 11 is 6.63. The first-order valence-corrected chi connectivity index (χ1v) is 17.7. The number of amides is 1. The Morgan fingerprint density at radius 2 is 1.53 bits per heavy atom. The third-order valence-electron chi connectivity index (χ3n) is 8.97. The van der Waals surface area contributed by atoms with Crippen LogP contribution in [0.2, 0.25) is 5.02 Å². The zero-order valence-electron chi connectivity index (χ0n) is 29.5. The number of rotatable bonds is 13. The van der Waals surface area contributed by atoms with Gasteiger partial charge < -0.3 is 19.1 Å². The standard InChI is InChI=1S/C43H44ClN3O4/c1-31-8-10-36(11-9-31)30-50-38-17-18-41(45-28-38)51-43-33(3)26-37(27-39(43)44)16-19-42(48)47-23-21-46(22-24-47)29-35-14-12-34(13-15-35)20-25-49-40-7-5-4-6-32(40)2/h4-19,26-28H,20-25,29-30H2,1-3H3. The molecule has 0 N–H and O–H groups in total. The molecule has 1 saturated heterocycles. The van der Waals surface area contributed by atoms with Crippen LogP contribution in [0, 0.1) is 20.8 Å². The van der Waals surface area contributed by atoms with Gasteiger partial charge in [0.15, 0.2) is 5.75 Å². The number of benzene rings is 4. The molecule has 0 atom stereocenters. The molecule has 2 heterocycles. The third-order valence-corrected chi connectivity index (χ3v) is 9.25. The van der Waals surface area contributed by atoms with E-state index in [0.717, 1.165) is 54.1 Å². The summed E-state index contributed by atoms with van der Waals surface area (Å²) in [5.74, 6) is 2.53. The molecule has 1 aliphatic heterocycles. The molecule has 6 rings (SSSR count). The van der Waals surface area contributed by atoms with Gasteiger partial charge in [-0.3, -0.25) is 9.69 Å². The first-order chi connectivity index (χ1) is 24.8. The summed E-state index contributed by atoms with van der Waals surface area (Å²) in [6.07, 6.45) is 5.94. The van der Waals surface area contributed by atoms with Crippen molar-refractivity contribution in [2.45, 2.75) is 40.3 Å². The minimum absolute atomic E-state index is 0.00472. The summed E-state index contributed by atoms with van der Waals surface area (Å²) in [5, 5.41) is 0.445. The highest BCUT2D eigenvalue weighted by Crippen LogP contribution is 2.34. The molecule has 0 aliphatic carbocycles. The van der Waals surface area contributed by atoms with E-state index in [1.807, 2.05) is 48.2 Å². The maximum absolute atomic E-state index is 13.0. The van der Waals surface area contributed by atoms with E-state index in [-0.39, 0.29) is 5.91 Å². The van der Waals surface area contributed by atoms with E-state index in [4.69, 9.17) is 25.8 Å². The van der Waals surface area contributed by atoms with Gasteiger partial charge in [0.05, 0.1) is 17.8 Å². The van der Waals surface area contributed by atoms with Gasteiger partial charge in [0, 0.05) is 51.3 Å². The molecule has 262 valence electrons. The van der Waals surface area contributed by atoms with Crippen LogP contribution in [-0.2, 0) is 24.4 Å². The number of aromatic nitrogens is 1. The van der Waals surface area contributed by atoms with Crippen molar-refractivity contribution in [2.75, 3.05) is 32.8 Å². The molecular formula is C43H44ClN3O4. The third kappa shape index (κ3) is 10.2. The molecule has 8 heteroatoms. The van der Waals surface area contributed by atoms with Crippen LogP contribution < -0.4 is 14.2 Å². The number of pyridine rings is 1. The molecule has 0 saturated carbocycles. The van der Waals surface area contributed by atoms with Crippen molar-refractivity contribution in [3.63, 3.8) is 0 Å². The number of carbonyl (C=O) groups excluding carboxylic acids is 1. The Hall–Kier alpha value is -5.11. The number of aryl methyl sites for hydroxylation is 3. The maximum Gasteiger partial charge on any atom is 0.246 e. The highest BCUT2D eigenvalue weighted by molar-refractivity contribution is 6.32. The minimum Gasteiger partial charge on any atom is -0.493 e. The fourth-order valence-corrected chi connectivity index (χ4v) is 6.23. The summed E-state index contributed by atoms with van der Waals surface area (Å²) in [6.45, 7) is 11.1. The Labute approximate surface area is 306 Å². The van der Waals surface area contributed by atoms with Crippen LogP contribution in [0.4, 0.5) is 0 Å². The first-order valence-electron chi connectivity index (χ1n) is 17.4. The van der Waals surface area contributed by atoms with E-state index in [2.05, 4.69) is 78.3 Å². The van der Waals surface area contributed by atoms with Crippen LogP contribution in [0.3, 0.4) is 0 Å². The molecule has 51 heavy (non-hydrogen) atoms. The van der Waals surface area contributed by atoms with Gasteiger partial charge in [0.1, 0.15) is 18.1 Å². The summed E-state index contributed by atoms with van der Waals surface area (Å²) in [5.41, 5.74) is 7.66. The molecular weight excluding hydrogens is 658 g/mol. The number of ether oxygens (including phenoxy) is 3. The quantitative estimate of drug-likeness (QED) is 0.114. The van der Waals surface area contributed by atoms with Crippen LogP contribution in [0.25, 0.3) is 6.08 Å². The summed E-state index contributed by atoms with van der Waals surface area (Å²) in [4.78, 5) is 21.7. The van der Waals surface area contributed by atoms with Crippen LogP contribution >= 0.6 is 11.6 Å². The minimum atomic E-state index is -0.00472. The fourth-order valence-electron chi connectivity index (χ4n) is 5.92. The van der Waals surface area contributed by atoms with Gasteiger partial charge in [-0.05, 0) is 84.5 Å². The summed E-state index contributed by atoms with van der Waals surface area (Å²) in [7, 11) is 0. The van der Waals surface area contributed by atoms with Crippen LogP contribution in [0.1, 0.15) is 38.9 Å². The van der Waals surface area contributed by atoms with Crippen LogP contribution in [0.5, 0.6) is 23.1 Å². The van der Waals surface area contributed by atoms with Crippen molar-refractivity contribution < 1.29 is 19.0 Å². The monoisotopic (exact) mass is 701 g/mol. The lowest BCUT2D eigenvalue weighted by atomic mass is 10.1. The van der Waals surface area contributed by atoms with E-state index >= 15 is 0 Å². The van der Waals surface area contributed by atoms with Crippen molar-refractivity contribution >= 4 is 23.6 Å². The molecule has 0 bridgehead atoms. The molecule has 5 aromatic rings. The summed E-state index contributed by atoms with van der Waals surface area (Å²) in [6, 6.07) is 32.4. The number of hydrogen-bond acceptors (Lipinski definition) is 6. The van der Waals surface area contributed by atoms with Gasteiger partial charge in [-0.25, -0.2) is 4.98 Å². The zero-order valence-corrected chi connectivity index (χ0v) is 30.2. The van der Waals surface area contributed by atoms with E-state index < -0.39 is 0 Å². The number of nitrogens with zero attached hydrogens (tertiary/aromatic N) is 3. The topological polar surface area (TPSA) is 64.1 Å².